The van der Waals surface area contributed by atoms with Crippen molar-refractivity contribution in [2.75, 3.05) is 26.3 Å². The van der Waals surface area contributed by atoms with E-state index in [2.05, 4.69) is 21.4 Å². The number of carbonyl (C=O) groups excluding carboxylic acids is 1. The van der Waals surface area contributed by atoms with Crippen molar-refractivity contribution in [3.63, 3.8) is 0 Å². The average Bonchev–Trinajstić information content (AvgIpc) is 2.76. The van der Waals surface area contributed by atoms with Crippen molar-refractivity contribution in [3.05, 3.63) is 75.7 Å². The van der Waals surface area contributed by atoms with Crippen LogP contribution in [0.5, 0.6) is 0 Å². The summed E-state index contributed by atoms with van der Waals surface area (Å²) in [5, 5.41) is 8.22. The van der Waals surface area contributed by atoms with Crippen molar-refractivity contribution in [2.24, 2.45) is 7.05 Å². The maximum Gasteiger partial charge on any atom is 0.274 e. The Balaban J connectivity index is 1.53. The van der Waals surface area contributed by atoms with Crippen molar-refractivity contribution >= 4 is 16.7 Å². The van der Waals surface area contributed by atoms with E-state index in [4.69, 9.17) is 4.74 Å². The summed E-state index contributed by atoms with van der Waals surface area (Å²) in [5.74, 6) is -0.294. The summed E-state index contributed by atoms with van der Waals surface area (Å²) in [7, 11) is 1.56. The molecule has 4 rings (SSSR count). The Hall–Kier alpha value is -3.03. The number of aryl methyl sites for hydroxylation is 1. The standard InChI is InChI=1S/C22H24N4O3/c1-25-22(28)19-9-5-4-8-18(19)20(24-25)21(27)23-14-16-6-2-3-7-17(16)15-26-10-12-29-13-11-26/h2-9H,10-15H2,1H3,(H,23,27). The summed E-state index contributed by atoms with van der Waals surface area (Å²) in [6.07, 6.45) is 0. The van der Waals surface area contributed by atoms with E-state index in [1.807, 2.05) is 18.2 Å². The third kappa shape index (κ3) is 4.21. The highest BCUT2D eigenvalue weighted by Crippen LogP contribution is 2.15. The normalized spacial score (nSPS) is 14.8. The first-order valence-corrected chi connectivity index (χ1v) is 9.74. The fourth-order valence-electron chi connectivity index (χ4n) is 3.61. The van der Waals surface area contributed by atoms with Crippen molar-refractivity contribution in [3.8, 4) is 0 Å². The predicted molar refractivity (Wildman–Crippen MR) is 111 cm³/mol. The van der Waals surface area contributed by atoms with Gasteiger partial charge >= 0.3 is 0 Å². The van der Waals surface area contributed by atoms with Gasteiger partial charge < -0.3 is 10.1 Å². The van der Waals surface area contributed by atoms with Gasteiger partial charge in [0.2, 0.25) is 0 Å². The van der Waals surface area contributed by atoms with Gasteiger partial charge in [0.05, 0.1) is 18.6 Å². The molecule has 2 aromatic carbocycles. The number of rotatable bonds is 5. The molecule has 0 bridgehead atoms. The molecule has 1 aromatic heterocycles. The molecule has 1 amide bonds. The lowest BCUT2D eigenvalue weighted by molar-refractivity contribution is 0.0340. The Bertz CT molecular complexity index is 1090. The van der Waals surface area contributed by atoms with Gasteiger partial charge in [0.1, 0.15) is 0 Å². The van der Waals surface area contributed by atoms with E-state index in [0.29, 0.717) is 17.3 Å². The van der Waals surface area contributed by atoms with Gasteiger partial charge in [0, 0.05) is 38.6 Å². The van der Waals surface area contributed by atoms with Crippen LogP contribution in [0.15, 0.2) is 53.3 Å². The van der Waals surface area contributed by atoms with E-state index in [1.165, 1.54) is 10.2 Å². The Morgan fingerprint density at radius 1 is 1.03 bits per heavy atom. The molecule has 0 spiro atoms. The first kappa shape index (κ1) is 19.3. The molecule has 150 valence electrons. The molecule has 3 aromatic rings. The van der Waals surface area contributed by atoms with Crippen molar-refractivity contribution in [1.82, 2.24) is 20.0 Å². The Morgan fingerprint density at radius 2 is 1.69 bits per heavy atom. The Morgan fingerprint density at radius 3 is 2.45 bits per heavy atom. The smallest absolute Gasteiger partial charge is 0.274 e. The van der Waals surface area contributed by atoms with Crippen molar-refractivity contribution in [2.45, 2.75) is 13.1 Å². The number of ether oxygens (including phenoxy) is 1. The van der Waals surface area contributed by atoms with Gasteiger partial charge in [-0.05, 0) is 17.2 Å². The zero-order valence-corrected chi connectivity index (χ0v) is 16.4. The summed E-state index contributed by atoms with van der Waals surface area (Å²) >= 11 is 0. The third-order valence-electron chi connectivity index (χ3n) is 5.23. The van der Waals surface area contributed by atoms with Gasteiger partial charge in [-0.15, -0.1) is 0 Å². The number of nitrogens with zero attached hydrogens (tertiary/aromatic N) is 3. The van der Waals surface area contributed by atoms with Crippen LogP contribution in [0.1, 0.15) is 21.6 Å². The molecule has 0 aliphatic carbocycles. The molecule has 0 atom stereocenters. The predicted octanol–water partition coefficient (Wildman–Crippen LogP) is 1.70. The van der Waals surface area contributed by atoms with Crippen LogP contribution in [-0.2, 0) is 24.9 Å². The Kier molecular flexibility index (Phi) is 5.69. The first-order chi connectivity index (χ1) is 14.1. The molecule has 1 fully saturated rings. The lowest BCUT2D eigenvalue weighted by atomic mass is 10.1. The number of nitrogens with one attached hydrogen (secondary N) is 1. The molecule has 0 radical (unpaired) electrons. The number of morpholine rings is 1. The van der Waals surface area contributed by atoms with Gasteiger partial charge in [-0.2, -0.15) is 5.10 Å². The van der Waals surface area contributed by atoms with Crippen LogP contribution in [0.2, 0.25) is 0 Å². The minimum Gasteiger partial charge on any atom is -0.379 e. The highest BCUT2D eigenvalue weighted by molar-refractivity contribution is 6.04. The van der Waals surface area contributed by atoms with Gasteiger partial charge in [0.15, 0.2) is 5.69 Å². The largest absolute Gasteiger partial charge is 0.379 e. The zero-order valence-electron chi connectivity index (χ0n) is 16.4. The minimum absolute atomic E-state index is 0.215. The molecule has 0 saturated carbocycles. The van der Waals surface area contributed by atoms with E-state index in [9.17, 15) is 9.59 Å². The second-order valence-electron chi connectivity index (χ2n) is 7.16. The summed E-state index contributed by atoms with van der Waals surface area (Å²) < 4.78 is 6.63. The first-order valence-electron chi connectivity index (χ1n) is 9.74. The molecular weight excluding hydrogens is 368 g/mol. The SMILES string of the molecule is Cn1nc(C(=O)NCc2ccccc2CN2CCOCC2)c2ccccc2c1=O. The van der Waals surface area contributed by atoms with E-state index >= 15 is 0 Å². The fourth-order valence-corrected chi connectivity index (χ4v) is 3.61. The highest BCUT2D eigenvalue weighted by Gasteiger charge is 2.17. The maximum atomic E-state index is 12.9. The van der Waals surface area contributed by atoms with E-state index < -0.39 is 0 Å². The lowest BCUT2D eigenvalue weighted by Gasteiger charge is -2.27. The summed E-state index contributed by atoms with van der Waals surface area (Å²) in [5.41, 5.74) is 2.30. The third-order valence-corrected chi connectivity index (χ3v) is 5.23. The number of carbonyl (C=O) groups is 1. The maximum absolute atomic E-state index is 12.9. The van der Waals surface area contributed by atoms with E-state index in [0.717, 1.165) is 38.4 Å². The van der Waals surface area contributed by atoms with Gasteiger partial charge in [-0.3, -0.25) is 14.5 Å². The number of fused-ring (bicyclic) bond motifs is 1. The van der Waals surface area contributed by atoms with Crippen molar-refractivity contribution < 1.29 is 9.53 Å². The average molecular weight is 392 g/mol. The number of hydrogen-bond donors (Lipinski definition) is 1. The minimum atomic E-state index is -0.294. The van der Waals surface area contributed by atoms with Crippen LogP contribution in [-0.4, -0.2) is 46.9 Å². The second-order valence-corrected chi connectivity index (χ2v) is 7.16. The Labute approximate surface area is 168 Å². The summed E-state index contributed by atoms with van der Waals surface area (Å²) in [6, 6.07) is 15.2. The van der Waals surface area contributed by atoms with E-state index in [-0.39, 0.29) is 17.2 Å². The molecule has 1 aliphatic rings. The number of aromatic nitrogens is 2. The number of amides is 1. The highest BCUT2D eigenvalue weighted by atomic mass is 16.5. The summed E-state index contributed by atoms with van der Waals surface area (Å²) in [6.45, 7) is 4.56. The lowest BCUT2D eigenvalue weighted by Crippen LogP contribution is -2.36. The molecule has 1 saturated heterocycles. The molecule has 2 heterocycles. The summed E-state index contributed by atoms with van der Waals surface area (Å²) in [4.78, 5) is 27.5. The zero-order chi connectivity index (χ0) is 20.2. The van der Waals surface area contributed by atoms with Crippen LogP contribution in [0.4, 0.5) is 0 Å². The molecule has 7 heteroatoms. The van der Waals surface area contributed by atoms with Crippen molar-refractivity contribution in [1.29, 1.82) is 0 Å². The van der Waals surface area contributed by atoms with Crippen LogP contribution >= 0.6 is 0 Å². The number of benzene rings is 2. The molecule has 1 N–H and O–H groups in total. The molecule has 0 unspecified atom stereocenters. The van der Waals surface area contributed by atoms with Gasteiger partial charge in [-0.25, -0.2) is 4.68 Å². The van der Waals surface area contributed by atoms with Crippen LogP contribution in [0, 0.1) is 0 Å². The second kappa shape index (κ2) is 8.55. The molecule has 29 heavy (non-hydrogen) atoms. The molecule has 1 aliphatic heterocycles. The topological polar surface area (TPSA) is 76.5 Å². The van der Waals surface area contributed by atoms with E-state index in [1.54, 1.807) is 31.3 Å². The van der Waals surface area contributed by atoms with Crippen LogP contribution in [0.3, 0.4) is 0 Å². The van der Waals surface area contributed by atoms with Crippen LogP contribution in [0.25, 0.3) is 10.8 Å². The van der Waals surface area contributed by atoms with Gasteiger partial charge in [-0.1, -0.05) is 42.5 Å². The van der Waals surface area contributed by atoms with Crippen LogP contribution < -0.4 is 10.9 Å². The fraction of sp³-hybridized carbons (Fsp3) is 0.318. The molecule has 7 nitrogen and oxygen atoms in total. The number of hydrogen-bond acceptors (Lipinski definition) is 5. The monoisotopic (exact) mass is 392 g/mol. The molecular formula is C22H24N4O3. The van der Waals surface area contributed by atoms with Gasteiger partial charge in [0.25, 0.3) is 11.5 Å². The quantitative estimate of drug-likeness (QED) is 0.715.